The zero-order valence-corrected chi connectivity index (χ0v) is 17.9. The molecule has 0 saturated heterocycles. The first-order valence-electron chi connectivity index (χ1n) is 9.97. The molecule has 1 N–H and O–H groups in total. The van der Waals surface area contributed by atoms with E-state index in [2.05, 4.69) is 5.32 Å². The molecule has 1 aliphatic rings. The van der Waals surface area contributed by atoms with Gasteiger partial charge in [0.1, 0.15) is 5.76 Å². The summed E-state index contributed by atoms with van der Waals surface area (Å²) >= 11 is 1.43. The highest BCUT2D eigenvalue weighted by atomic mass is 32.1. The number of rotatable bonds is 8. The number of hydrogen-bond donors (Lipinski definition) is 1. The van der Waals surface area contributed by atoms with E-state index in [4.69, 9.17) is 4.42 Å². The Labute approximate surface area is 180 Å². The second-order valence-electron chi connectivity index (χ2n) is 7.72. The lowest BCUT2D eigenvalue weighted by molar-refractivity contribution is -0.117. The molecule has 0 spiro atoms. The minimum atomic E-state index is -0.0430. The van der Waals surface area contributed by atoms with Crippen LogP contribution in [0.4, 0.5) is 11.4 Å². The second-order valence-corrected chi connectivity index (χ2v) is 8.67. The minimum absolute atomic E-state index is 0.0430. The predicted molar refractivity (Wildman–Crippen MR) is 119 cm³/mol. The Hall–Kier alpha value is -3.06. The molecule has 3 aromatic rings. The summed E-state index contributed by atoms with van der Waals surface area (Å²) in [6, 6.07) is 13.3. The molecule has 30 heavy (non-hydrogen) atoms. The summed E-state index contributed by atoms with van der Waals surface area (Å²) in [6.07, 6.45) is 3.53. The number of furan rings is 1. The number of anilines is 2. The van der Waals surface area contributed by atoms with Crippen molar-refractivity contribution in [1.29, 1.82) is 0 Å². The fourth-order valence-electron chi connectivity index (χ4n) is 3.37. The van der Waals surface area contributed by atoms with Gasteiger partial charge in [-0.25, -0.2) is 0 Å². The van der Waals surface area contributed by atoms with Crippen LogP contribution in [0.15, 0.2) is 58.5 Å². The fourth-order valence-corrected chi connectivity index (χ4v) is 4.06. The van der Waals surface area contributed by atoms with E-state index >= 15 is 0 Å². The third kappa shape index (κ3) is 4.74. The van der Waals surface area contributed by atoms with Crippen molar-refractivity contribution in [1.82, 2.24) is 4.90 Å². The van der Waals surface area contributed by atoms with Gasteiger partial charge in [-0.3, -0.25) is 9.59 Å². The molecule has 2 aromatic heterocycles. The molecule has 7 heteroatoms. The average Bonchev–Trinajstić information content (AvgIpc) is 3.20. The maximum atomic E-state index is 13.2. The summed E-state index contributed by atoms with van der Waals surface area (Å²) in [5, 5.41) is 4.91. The Morgan fingerprint density at radius 3 is 2.60 bits per heavy atom. The van der Waals surface area contributed by atoms with Crippen LogP contribution in [0.25, 0.3) is 0 Å². The van der Waals surface area contributed by atoms with Gasteiger partial charge in [-0.05, 0) is 60.2 Å². The third-order valence-electron chi connectivity index (χ3n) is 5.08. The van der Waals surface area contributed by atoms with Crippen molar-refractivity contribution in [3.8, 4) is 0 Å². The normalized spacial score (nSPS) is 13.1. The van der Waals surface area contributed by atoms with E-state index in [-0.39, 0.29) is 17.7 Å². The van der Waals surface area contributed by atoms with Crippen LogP contribution in [0.5, 0.6) is 0 Å². The van der Waals surface area contributed by atoms with Crippen molar-refractivity contribution in [3.05, 3.63) is 70.3 Å². The van der Waals surface area contributed by atoms with Crippen LogP contribution in [0.3, 0.4) is 0 Å². The van der Waals surface area contributed by atoms with Crippen molar-refractivity contribution in [2.75, 3.05) is 24.3 Å². The van der Waals surface area contributed by atoms with E-state index in [1.807, 2.05) is 66.8 Å². The molecule has 2 amide bonds. The fraction of sp³-hybridized carbons (Fsp3) is 0.304. The number of thiophene rings is 1. The number of benzene rings is 1. The molecule has 6 nitrogen and oxygen atoms in total. The van der Waals surface area contributed by atoms with Crippen LogP contribution in [-0.2, 0) is 17.9 Å². The Bertz CT molecular complexity index is 1010. The van der Waals surface area contributed by atoms with Gasteiger partial charge in [-0.2, -0.15) is 0 Å². The number of carbonyl (C=O) groups is 2. The average molecular weight is 424 g/mol. The van der Waals surface area contributed by atoms with E-state index < -0.39 is 0 Å². The first-order valence-corrected chi connectivity index (χ1v) is 10.9. The van der Waals surface area contributed by atoms with Gasteiger partial charge in [0.15, 0.2) is 0 Å². The number of nitrogens with zero attached hydrogens (tertiary/aromatic N) is 2. The van der Waals surface area contributed by atoms with E-state index in [9.17, 15) is 9.59 Å². The van der Waals surface area contributed by atoms with Crippen LogP contribution in [0.1, 0.15) is 33.8 Å². The van der Waals surface area contributed by atoms with Gasteiger partial charge in [0.2, 0.25) is 5.91 Å². The highest BCUT2D eigenvalue weighted by Gasteiger charge is 2.29. The standard InChI is InChI=1S/C23H25N3O3S/c1-25(2)20-10-9-18(24-22(27)16-7-8-16)13-17(20)14-26(15-19-5-3-11-29-19)23(28)21-6-4-12-30-21/h3-6,9-13,16H,7-8,14-15H2,1-2H3,(H,24,27). The summed E-state index contributed by atoms with van der Waals surface area (Å²) in [6.45, 7) is 0.771. The van der Waals surface area contributed by atoms with Crippen molar-refractivity contribution in [3.63, 3.8) is 0 Å². The molecule has 0 unspecified atom stereocenters. The van der Waals surface area contributed by atoms with Gasteiger partial charge in [0.25, 0.3) is 5.91 Å². The Morgan fingerprint density at radius 1 is 1.13 bits per heavy atom. The van der Waals surface area contributed by atoms with E-state index in [0.717, 1.165) is 35.5 Å². The number of hydrogen-bond acceptors (Lipinski definition) is 5. The molecule has 1 saturated carbocycles. The molecule has 2 heterocycles. The molecule has 4 rings (SSSR count). The van der Waals surface area contributed by atoms with Crippen molar-refractivity contribution >= 4 is 34.5 Å². The third-order valence-corrected chi connectivity index (χ3v) is 5.94. The Kier molecular flexibility index (Phi) is 5.90. The van der Waals surface area contributed by atoms with Crippen molar-refractivity contribution < 1.29 is 14.0 Å². The quantitative estimate of drug-likeness (QED) is 0.575. The molecule has 1 fully saturated rings. The summed E-state index contributed by atoms with van der Waals surface area (Å²) in [4.78, 5) is 29.9. The van der Waals surface area contributed by atoms with Crippen molar-refractivity contribution in [2.24, 2.45) is 5.92 Å². The molecule has 156 valence electrons. The molecule has 0 radical (unpaired) electrons. The van der Waals surface area contributed by atoms with Crippen LogP contribution in [0, 0.1) is 5.92 Å². The van der Waals surface area contributed by atoms with E-state index in [1.165, 1.54) is 11.3 Å². The van der Waals surface area contributed by atoms with Crippen LogP contribution < -0.4 is 10.2 Å². The summed E-state index contributed by atoms with van der Waals surface area (Å²) in [5.41, 5.74) is 2.72. The smallest absolute Gasteiger partial charge is 0.264 e. The first-order chi connectivity index (χ1) is 14.5. The van der Waals surface area contributed by atoms with E-state index in [1.54, 1.807) is 11.2 Å². The second kappa shape index (κ2) is 8.75. The lowest BCUT2D eigenvalue weighted by Crippen LogP contribution is -2.30. The lowest BCUT2D eigenvalue weighted by atomic mass is 10.1. The van der Waals surface area contributed by atoms with Gasteiger partial charge in [-0.15, -0.1) is 11.3 Å². The first kappa shape index (κ1) is 20.2. The molecular formula is C23H25N3O3S. The maximum Gasteiger partial charge on any atom is 0.264 e. The van der Waals surface area contributed by atoms with Crippen LogP contribution in [0.2, 0.25) is 0 Å². The number of amides is 2. The highest BCUT2D eigenvalue weighted by molar-refractivity contribution is 7.12. The van der Waals surface area contributed by atoms with Crippen LogP contribution >= 0.6 is 11.3 Å². The summed E-state index contributed by atoms with van der Waals surface area (Å²) < 4.78 is 5.50. The minimum Gasteiger partial charge on any atom is -0.467 e. The van der Waals surface area contributed by atoms with E-state index in [0.29, 0.717) is 18.0 Å². The Balaban J connectivity index is 1.62. The highest BCUT2D eigenvalue weighted by Crippen LogP contribution is 2.31. The molecule has 0 aliphatic heterocycles. The van der Waals surface area contributed by atoms with Gasteiger partial charge in [0.05, 0.1) is 17.7 Å². The summed E-state index contributed by atoms with van der Waals surface area (Å²) in [7, 11) is 3.94. The molecule has 1 aromatic carbocycles. The summed E-state index contributed by atoms with van der Waals surface area (Å²) in [5.74, 6) is 0.890. The molecule has 0 bridgehead atoms. The number of carbonyl (C=O) groups excluding carboxylic acids is 2. The lowest BCUT2D eigenvalue weighted by Gasteiger charge is -2.25. The largest absolute Gasteiger partial charge is 0.467 e. The topological polar surface area (TPSA) is 65.8 Å². The monoisotopic (exact) mass is 423 g/mol. The maximum absolute atomic E-state index is 13.2. The molecular weight excluding hydrogens is 398 g/mol. The SMILES string of the molecule is CN(C)c1ccc(NC(=O)C2CC2)cc1CN(Cc1ccco1)C(=O)c1cccs1. The van der Waals surface area contributed by atoms with Gasteiger partial charge in [0, 0.05) is 37.9 Å². The van der Waals surface area contributed by atoms with Gasteiger partial charge < -0.3 is 19.5 Å². The molecule has 0 atom stereocenters. The van der Waals surface area contributed by atoms with Crippen LogP contribution in [-0.4, -0.2) is 30.8 Å². The molecule has 1 aliphatic carbocycles. The zero-order chi connectivity index (χ0) is 21.1. The number of nitrogens with one attached hydrogen (secondary N) is 1. The van der Waals surface area contributed by atoms with Gasteiger partial charge in [-0.1, -0.05) is 6.07 Å². The Morgan fingerprint density at radius 2 is 1.97 bits per heavy atom. The van der Waals surface area contributed by atoms with Gasteiger partial charge >= 0.3 is 0 Å². The van der Waals surface area contributed by atoms with Crippen molar-refractivity contribution in [2.45, 2.75) is 25.9 Å². The predicted octanol–water partition coefficient (Wildman–Crippen LogP) is 4.60. The zero-order valence-electron chi connectivity index (χ0n) is 17.1.